The standard InChI is InChI=1S/C17H19NO3/c1-17(15(19)16(20)21-2,13-9-5-3-6-10-13)18-14-11-7-4-8-12-14/h3-12,15,18-19H,1-2H3. The number of methoxy groups -OCH3 is 1. The maximum Gasteiger partial charge on any atom is 0.337 e. The number of rotatable bonds is 5. The summed E-state index contributed by atoms with van der Waals surface area (Å²) in [6.07, 6.45) is -1.33. The third kappa shape index (κ3) is 3.23. The van der Waals surface area contributed by atoms with Gasteiger partial charge in [-0.05, 0) is 24.6 Å². The fourth-order valence-electron chi connectivity index (χ4n) is 2.25. The normalized spacial score (nSPS) is 14.8. The summed E-state index contributed by atoms with van der Waals surface area (Å²) in [5.41, 5.74) is 0.619. The third-order valence-corrected chi connectivity index (χ3v) is 3.52. The molecule has 2 aromatic carbocycles. The Hall–Kier alpha value is -2.33. The molecule has 21 heavy (non-hydrogen) atoms. The van der Waals surface area contributed by atoms with Crippen molar-refractivity contribution in [2.45, 2.75) is 18.6 Å². The zero-order valence-corrected chi connectivity index (χ0v) is 12.1. The topological polar surface area (TPSA) is 58.6 Å². The van der Waals surface area contributed by atoms with Crippen molar-refractivity contribution in [3.63, 3.8) is 0 Å². The molecule has 0 fully saturated rings. The van der Waals surface area contributed by atoms with Gasteiger partial charge in [-0.25, -0.2) is 4.79 Å². The van der Waals surface area contributed by atoms with Crippen molar-refractivity contribution in [3.8, 4) is 0 Å². The Balaban J connectivity index is 2.41. The van der Waals surface area contributed by atoms with E-state index in [0.717, 1.165) is 11.3 Å². The lowest BCUT2D eigenvalue weighted by atomic mass is 9.85. The predicted molar refractivity (Wildman–Crippen MR) is 81.9 cm³/mol. The molecule has 0 aliphatic heterocycles. The second-order valence-electron chi connectivity index (χ2n) is 4.99. The number of nitrogens with one attached hydrogen (secondary N) is 1. The number of aliphatic hydroxyl groups excluding tert-OH is 1. The lowest BCUT2D eigenvalue weighted by Gasteiger charge is -2.35. The smallest absolute Gasteiger partial charge is 0.337 e. The number of carbonyl (C=O) groups is 1. The summed E-state index contributed by atoms with van der Waals surface area (Å²) in [7, 11) is 1.26. The highest BCUT2D eigenvalue weighted by Gasteiger charge is 2.40. The van der Waals surface area contributed by atoms with Crippen molar-refractivity contribution in [2.24, 2.45) is 0 Å². The van der Waals surface area contributed by atoms with Gasteiger partial charge in [-0.15, -0.1) is 0 Å². The van der Waals surface area contributed by atoms with Crippen LogP contribution in [0.3, 0.4) is 0 Å². The van der Waals surface area contributed by atoms with Crippen molar-refractivity contribution in [1.29, 1.82) is 0 Å². The lowest BCUT2D eigenvalue weighted by molar-refractivity contribution is -0.153. The Bertz CT molecular complexity index is 585. The second kappa shape index (κ2) is 6.41. The van der Waals surface area contributed by atoms with E-state index in [-0.39, 0.29) is 0 Å². The number of hydrogen-bond acceptors (Lipinski definition) is 4. The predicted octanol–water partition coefficient (Wildman–Crippen LogP) is 2.55. The van der Waals surface area contributed by atoms with Crippen LogP contribution in [0.1, 0.15) is 12.5 Å². The van der Waals surface area contributed by atoms with Gasteiger partial charge in [-0.2, -0.15) is 0 Å². The van der Waals surface area contributed by atoms with Gasteiger partial charge < -0.3 is 15.2 Å². The first-order chi connectivity index (χ1) is 10.1. The number of esters is 1. The Labute approximate surface area is 124 Å². The van der Waals surface area contributed by atoms with Crippen LogP contribution in [0.25, 0.3) is 0 Å². The van der Waals surface area contributed by atoms with Crippen LogP contribution < -0.4 is 5.32 Å². The minimum absolute atomic E-state index is 0.676. The molecule has 0 saturated heterocycles. The zero-order valence-electron chi connectivity index (χ0n) is 12.1. The van der Waals surface area contributed by atoms with Gasteiger partial charge in [0.2, 0.25) is 0 Å². The van der Waals surface area contributed by atoms with Crippen LogP contribution in [0, 0.1) is 0 Å². The van der Waals surface area contributed by atoms with Crippen molar-refractivity contribution >= 4 is 11.7 Å². The van der Waals surface area contributed by atoms with Crippen molar-refractivity contribution < 1.29 is 14.6 Å². The molecule has 0 radical (unpaired) electrons. The molecule has 0 aliphatic rings. The largest absolute Gasteiger partial charge is 0.467 e. The molecule has 4 nitrogen and oxygen atoms in total. The third-order valence-electron chi connectivity index (χ3n) is 3.52. The molecule has 2 aromatic rings. The fraction of sp³-hybridized carbons (Fsp3) is 0.235. The maximum absolute atomic E-state index is 11.8. The first kappa shape index (κ1) is 15.1. The maximum atomic E-state index is 11.8. The molecule has 0 spiro atoms. The molecule has 4 heteroatoms. The summed E-state index contributed by atoms with van der Waals surface area (Å²) in [5.74, 6) is -0.676. The quantitative estimate of drug-likeness (QED) is 0.829. The number of aliphatic hydroxyl groups is 1. The number of carbonyl (C=O) groups excluding carboxylic acids is 1. The van der Waals surface area contributed by atoms with Gasteiger partial charge in [-0.1, -0.05) is 48.5 Å². The number of para-hydroxylation sites is 1. The molecule has 0 saturated carbocycles. The zero-order chi connectivity index (χ0) is 15.3. The highest BCUT2D eigenvalue weighted by Crippen LogP contribution is 2.30. The molecule has 2 unspecified atom stereocenters. The molecule has 0 heterocycles. The molecule has 0 bridgehead atoms. The fourth-order valence-corrected chi connectivity index (χ4v) is 2.25. The Morgan fingerprint density at radius 2 is 1.62 bits per heavy atom. The van der Waals surface area contributed by atoms with E-state index in [0.29, 0.717) is 0 Å². The molecule has 0 aromatic heterocycles. The average Bonchev–Trinajstić information content (AvgIpc) is 2.55. The van der Waals surface area contributed by atoms with E-state index in [4.69, 9.17) is 0 Å². The Morgan fingerprint density at radius 1 is 1.10 bits per heavy atom. The van der Waals surface area contributed by atoms with Gasteiger partial charge in [0, 0.05) is 5.69 Å². The number of benzene rings is 2. The van der Waals surface area contributed by atoms with Crippen LogP contribution in [-0.4, -0.2) is 24.3 Å². The molecule has 110 valence electrons. The minimum atomic E-state index is -1.33. The van der Waals surface area contributed by atoms with Crippen molar-refractivity contribution in [3.05, 3.63) is 66.2 Å². The highest BCUT2D eigenvalue weighted by atomic mass is 16.5. The lowest BCUT2D eigenvalue weighted by Crippen LogP contribution is -2.48. The van der Waals surface area contributed by atoms with Crippen LogP contribution >= 0.6 is 0 Å². The van der Waals surface area contributed by atoms with Crippen LogP contribution in [0.15, 0.2) is 60.7 Å². The molecule has 2 rings (SSSR count). The SMILES string of the molecule is COC(=O)C(O)C(C)(Nc1ccccc1)c1ccccc1. The van der Waals surface area contributed by atoms with Gasteiger partial charge in [0.1, 0.15) is 0 Å². The Morgan fingerprint density at radius 3 is 2.14 bits per heavy atom. The average molecular weight is 285 g/mol. The summed E-state index contributed by atoms with van der Waals surface area (Å²) < 4.78 is 4.69. The molecule has 2 N–H and O–H groups in total. The van der Waals surface area contributed by atoms with Gasteiger partial charge >= 0.3 is 5.97 Å². The highest BCUT2D eigenvalue weighted by molar-refractivity contribution is 5.77. The minimum Gasteiger partial charge on any atom is -0.467 e. The van der Waals surface area contributed by atoms with E-state index in [1.807, 2.05) is 60.7 Å². The second-order valence-corrected chi connectivity index (χ2v) is 4.99. The molecule has 2 atom stereocenters. The summed E-state index contributed by atoms with van der Waals surface area (Å²) in [6.45, 7) is 1.77. The number of ether oxygens (including phenoxy) is 1. The first-order valence-electron chi connectivity index (χ1n) is 6.72. The van der Waals surface area contributed by atoms with Crippen molar-refractivity contribution in [2.75, 3.05) is 12.4 Å². The molecule has 0 aliphatic carbocycles. The van der Waals surface area contributed by atoms with Crippen LogP contribution in [0.4, 0.5) is 5.69 Å². The van der Waals surface area contributed by atoms with E-state index in [1.54, 1.807) is 6.92 Å². The summed E-state index contributed by atoms with van der Waals surface area (Å²) in [5, 5.41) is 13.7. The van der Waals surface area contributed by atoms with Gasteiger partial charge in [0.05, 0.1) is 12.6 Å². The van der Waals surface area contributed by atoms with Crippen LogP contribution in [0.2, 0.25) is 0 Å². The van der Waals surface area contributed by atoms with E-state index in [1.165, 1.54) is 7.11 Å². The van der Waals surface area contributed by atoms with Gasteiger partial charge in [0.15, 0.2) is 6.10 Å². The summed E-state index contributed by atoms with van der Waals surface area (Å²) >= 11 is 0. The van der Waals surface area contributed by atoms with E-state index in [9.17, 15) is 9.90 Å². The Kier molecular flexibility index (Phi) is 4.60. The van der Waals surface area contributed by atoms with Crippen molar-refractivity contribution in [1.82, 2.24) is 0 Å². The first-order valence-corrected chi connectivity index (χ1v) is 6.72. The number of hydrogen-bond donors (Lipinski definition) is 2. The summed E-state index contributed by atoms with van der Waals surface area (Å²) in [6, 6.07) is 18.8. The number of anilines is 1. The van der Waals surface area contributed by atoms with Crippen LogP contribution in [0.5, 0.6) is 0 Å². The molecular formula is C17H19NO3. The molecular weight excluding hydrogens is 266 g/mol. The van der Waals surface area contributed by atoms with E-state index < -0.39 is 17.6 Å². The monoisotopic (exact) mass is 285 g/mol. The van der Waals surface area contributed by atoms with E-state index >= 15 is 0 Å². The molecule has 0 amide bonds. The van der Waals surface area contributed by atoms with Crippen LogP contribution in [-0.2, 0) is 15.1 Å². The van der Waals surface area contributed by atoms with Gasteiger partial charge in [0.25, 0.3) is 0 Å². The van der Waals surface area contributed by atoms with E-state index in [2.05, 4.69) is 10.1 Å². The van der Waals surface area contributed by atoms with Gasteiger partial charge in [-0.3, -0.25) is 0 Å². The summed E-state index contributed by atoms with van der Waals surface area (Å²) in [4.78, 5) is 11.8.